The lowest BCUT2D eigenvalue weighted by Gasteiger charge is -2.62. The van der Waals surface area contributed by atoms with E-state index >= 15 is 0 Å². The molecule has 0 heterocycles. The molecule has 9 atom stereocenters. The van der Waals surface area contributed by atoms with Gasteiger partial charge in [-0.25, -0.2) is 0 Å². The van der Waals surface area contributed by atoms with E-state index in [1.165, 1.54) is 0 Å². The monoisotopic (exact) mass is 410 g/mol. The summed E-state index contributed by atoms with van der Waals surface area (Å²) in [4.78, 5) is 13.9. The smallest absolute Gasteiger partial charge is 0.146 e. The van der Waals surface area contributed by atoms with E-state index in [1.807, 2.05) is 0 Å². The fourth-order valence-electron chi connectivity index (χ4n) is 7.74. The second kappa shape index (κ2) is 8.22. The molecule has 29 heavy (non-hydrogen) atoms. The molecule has 0 radical (unpaired) electrons. The van der Waals surface area contributed by atoms with Crippen LogP contribution < -0.4 is 0 Å². The molecule has 5 heteroatoms. The topological polar surface area (TPSA) is 65.0 Å². The number of Topliss-reactive ketones (excluding diaryl/α,β-unsaturated/α-hetero) is 1. The van der Waals surface area contributed by atoms with Crippen LogP contribution in [0.3, 0.4) is 0 Å². The third-order valence-electron chi connectivity index (χ3n) is 9.56. The Morgan fingerprint density at radius 1 is 1.17 bits per heavy atom. The highest BCUT2D eigenvalue weighted by Crippen LogP contribution is 2.69. The zero-order valence-corrected chi connectivity index (χ0v) is 19.5. The number of methoxy groups -OCH3 is 2. The molecule has 3 aliphatic carbocycles. The Bertz CT molecular complexity index is 608. The Balaban J connectivity index is 2.23. The Morgan fingerprint density at radius 2 is 1.86 bits per heavy atom. The highest BCUT2D eigenvalue weighted by Gasteiger charge is 2.69. The number of hydrogen-bond acceptors (Lipinski definition) is 5. The third kappa shape index (κ3) is 3.22. The first-order chi connectivity index (χ1) is 13.7. The number of ether oxygens (including phenoxy) is 3. The molecule has 0 amide bonds. The molecule has 3 rings (SSSR count). The molecule has 0 spiro atoms. The normalized spacial score (nSPS) is 50.1. The Morgan fingerprint density at radius 3 is 2.41 bits per heavy atom. The number of aliphatic hydroxyl groups excluding tert-OH is 1. The van der Waals surface area contributed by atoms with E-state index in [1.54, 1.807) is 14.2 Å². The van der Waals surface area contributed by atoms with Crippen molar-refractivity contribution < 1.29 is 24.1 Å². The van der Waals surface area contributed by atoms with Crippen LogP contribution in [0.5, 0.6) is 0 Å². The van der Waals surface area contributed by atoms with Gasteiger partial charge in [0.2, 0.25) is 0 Å². The lowest BCUT2D eigenvalue weighted by molar-refractivity contribution is -0.226. The van der Waals surface area contributed by atoms with Crippen LogP contribution in [0, 0.1) is 39.9 Å². The minimum absolute atomic E-state index is 0.0117. The molecule has 3 unspecified atom stereocenters. The molecule has 0 saturated heterocycles. The van der Waals surface area contributed by atoms with Gasteiger partial charge in [-0.1, -0.05) is 34.6 Å². The predicted molar refractivity (Wildman–Crippen MR) is 112 cm³/mol. The lowest BCUT2D eigenvalue weighted by atomic mass is 9.43. The van der Waals surface area contributed by atoms with E-state index in [9.17, 15) is 9.90 Å². The van der Waals surface area contributed by atoms with Gasteiger partial charge >= 0.3 is 0 Å². The molecule has 0 aromatic rings. The van der Waals surface area contributed by atoms with Gasteiger partial charge in [0.1, 0.15) is 12.6 Å². The minimum Gasteiger partial charge on any atom is -0.396 e. The third-order valence-corrected chi connectivity index (χ3v) is 9.56. The van der Waals surface area contributed by atoms with Gasteiger partial charge in [0.15, 0.2) is 0 Å². The summed E-state index contributed by atoms with van der Waals surface area (Å²) in [6, 6.07) is 0. The van der Waals surface area contributed by atoms with Crippen molar-refractivity contribution >= 4 is 5.78 Å². The molecule has 3 fully saturated rings. The molecule has 3 aliphatic rings. The quantitative estimate of drug-likeness (QED) is 0.669. The number of aliphatic hydroxyl groups is 1. The van der Waals surface area contributed by atoms with Gasteiger partial charge in [-0.15, -0.1) is 0 Å². The summed E-state index contributed by atoms with van der Waals surface area (Å²) >= 11 is 0. The molecule has 2 bridgehead atoms. The van der Waals surface area contributed by atoms with Crippen molar-refractivity contribution in [2.24, 2.45) is 39.9 Å². The average Bonchev–Trinajstić information content (AvgIpc) is 3.02. The second-order valence-electron chi connectivity index (χ2n) is 10.6. The molecular formula is C24H42O5. The molecular weight excluding hydrogens is 368 g/mol. The van der Waals surface area contributed by atoms with Crippen LogP contribution >= 0.6 is 0 Å². The Hall–Kier alpha value is -0.490. The first-order valence-corrected chi connectivity index (χ1v) is 11.4. The highest BCUT2D eigenvalue weighted by molar-refractivity contribution is 5.87. The van der Waals surface area contributed by atoms with Crippen LogP contribution in [0.1, 0.15) is 66.7 Å². The van der Waals surface area contributed by atoms with Crippen molar-refractivity contribution in [1.29, 1.82) is 0 Å². The maximum Gasteiger partial charge on any atom is 0.146 e. The van der Waals surface area contributed by atoms with E-state index < -0.39 is 5.41 Å². The maximum absolute atomic E-state index is 13.9. The van der Waals surface area contributed by atoms with Crippen molar-refractivity contribution in [3.63, 3.8) is 0 Å². The molecule has 3 saturated carbocycles. The standard InChI is InChI=1S/C24H42O5/c1-8-22(4)12-18(29-14-27-6)23(5)17(13-25)9-10-24(16(3)21(22)26)11-15(2)19(28-7)20(23)24/h15-20,25H,8-14H2,1-7H3/t15-,16?,17+,18-,19-,20?,22-,23+,24?/m1/s1. The average molecular weight is 411 g/mol. The zero-order chi connectivity index (χ0) is 21.6. The number of hydrogen-bond donors (Lipinski definition) is 1. The Kier molecular flexibility index (Phi) is 6.57. The van der Waals surface area contributed by atoms with Crippen molar-refractivity contribution in [3.8, 4) is 0 Å². The van der Waals surface area contributed by atoms with Gasteiger partial charge in [-0.05, 0) is 55.3 Å². The summed E-state index contributed by atoms with van der Waals surface area (Å²) in [5.41, 5.74) is -0.797. The summed E-state index contributed by atoms with van der Waals surface area (Å²) in [6.07, 6.45) is 4.30. The summed E-state index contributed by atoms with van der Waals surface area (Å²) in [5.74, 6) is 1.06. The van der Waals surface area contributed by atoms with Crippen LogP contribution in [-0.4, -0.2) is 50.7 Å². The largest absolute Gasteiger partial charge is 0.396 e. The fourth-order valence-corrected chi connectivity index (χ4v) is 7.74. The van der Waals surface area contributed by atoms with Gasteiger partial charge in [0.05, 0.1) is 12.2 Å². The van der Waals surface area contributed by atoms with Crippen molar-refractivity contribution in [3.05, 3.63) is 0 Å². The van der Waals surface area contributed by atoms with Gasteiger partial charge in [0, 0.05) is 37.6 Å². The van der Waals surface area contributed by atoms with Gasteiger partial charge < -0.3 is 19.3 Å². The number of carbonyl (C=O) groups excluding carboxylic acids is 1. The number of ketones is 1. The van der Waals surface area contributed by atoms with E-state index in [2.05, 4.69) is 34.6 Å². The van der Waals surface area contributed by atoms with E-state index in [4.69, 9.17) is 14.2 Å². The second-order valence-corrected chi connectivity index (χ2v) is 10.6. The summed E-state index contributed by atoms with van der Waals surface area (Å²) in [7, 11) is 3.45. The molecule has 168 valence electrons. The minimum atomic E-state index is -0.428. The summed E-state index contributed by atoms with van der Waals surface area (Å²) < 4.78 is 17.8. The van der Waals surface area contributed by atoms with E-state index in [-0.39, 0.29) is 54.2 Å². The van der Waals surface area contributed by atoms with Crippen LogP contribution in [0.25, 0.3) is 0 Å². The van der Waals surface area contributed by atoms with Crippen LogP contribution in [0.4, 0.5) is 0 Å². The first kappa shape index (κ1) is 23.2. The molecule has 0 aliphatic heterocycles. The van der Waals surface area contributed by atoms with Crippen LogP contribution in [0.2, 0.25) is 0 Å². The molecule has 1 N–H and O–H groups in total. The van der Waals surface area contributed by atoms with Gasteiger partial charge in [-0.3, -0.25) is 4.79 Å². The maximum atomic E-state index is 13.9. The first-order valence-electron chi connectivity index (χ1n) is 11.4. The summed E-state index contributed by atoms with van der Waals surface area (Å²) in [6.45, 7) is 11.3. The van der Waals surface area contributed by atoms with Gasteiger partial charge in [-0.2, -0.15) is 0 Å². The number of rotatable bonds is 6. The van der Waals surface area contributed by atoms with E-state index in [0.29, 0.717) is 18.1 Å². The predicted octanol–water partition coefficient (Wildman–Crippen LogP) is 4.07. The summed E-state index contributed by atoms with van der Waals surface area (Å²) in [5, 5.41) is 10.4. The molecule has 5 nitrogen and oxygen atoms in total. The van der Waals surface area contributed by atoms with E-state index in [0.717, 1.165) is 25.7 Å². The molecule has 0 aromatic heterocycles. The Labute approximate surface area is 176 Å². The van der Waals surface area contributed by atoms with Crippen molar-refractivity contribution in [2.45, 2.75) is 78.9 Å². The van der Waals surface area contributed by atoms with Crippen LogP contribution in [0.15, 0.2) is 0 Å². The highest BCUT2D eigenvalue weighted by atomic mass is 16.7. The lowest BCUT2D eigenvalue weighted by Crippen LogP contribution is -2.63. The number of carbonyl (C=O) groups is 1. The van der Waals surface area contributed by atoms with Crippen molar-refractivity contribution in [1.82, 2.24) is 0 Å². The van der Waals surface area contributed by atoms with Crippen molar-refractivity contribution in [2.75, 3.05) is 27.6 Å². The zero-order valence-electron chi connectivity index (χ0n) is 19.5. The SMILES string of the molecule is CC[C@]1(C)C[C@@H](OCOC)[C@@]2(C)C3[C@H](OC)[C@H](C)CC3(CC[C@H]2CO)C(C)C1=O. The van der Waals surface area contributed by atoms with Gasteiger partial charge in [0.25, 0.3) is 0 Å². The fraction of sp³-hybridized carbons (Fsp3) is 0.958. The molecule has 0 aromatic carbocycles. The van der Waals surface area contributed by atoms with Crippen LogP contribution in [-0.2, 0) is 19.0 Å².